The number of rotatable bonds is 3. The van der Waals surface area contributed by atoms with E-state index in [0.29, 0.717) is 28.9 Å². The molecule has 0 atom stereocenters. The zero-order valence-electron chi connectivity index (χ0n) is 11.5. The number of aromatic nitrogens is 2. The quantitative estimate of drug-likeness (QED) is 0.920. The number of benzene rings is 1. The van der Waals surface area contributed by atoms with Crippen molar-refractivity contribution >= 4 is 38.8 Å². The van der Waals surface area contributed by atoms with Crippen LogP contribution in [0.3, 0.4) is 0 Å². The molecule has 0 bridgehead atoms. The molecular weight excluding hydrogens is 339 g/mol. The molecule has 1 fully saturated rings. The summed E-state index contributed by atoms with van der Waals surface area (Å²) in [5, 5.41) is 0. The van der Waals surface area contributed by atoms with Crippen molar-refractivity contribution in [2.75, 3.05) is 18.8 Å². The number of imidazole rings is 1. The Morgan fingerprint density at radius 2 is 2.10 bits per heavy atom. The molecule has 1 aliphatic rings. The third-order valence-corrected chi connectivity index (χ3v) is 4.44. The maximum absolute atomic E-state index is 13.5. The Morgan fingerprint density at radius 1 is 1.38 bits per heavy atom. The Morgan fingerprint density at radius 3 is 2.81 bits per heavy atom. The van der Waals surface area contributed by atoms with Gasteiger partial charge < -0.3 is 15.2 Å². The predicted molar refractivity (Wildman–Crippen MR) is 82.2 cm³/mol. The summed E-state index contributed by atoms with van der Waals surface area (Å²) >= 11 is 3.16. The Kier molecular flexibility index (Phi) is 3.84. The number of hydrogen-bond acceptors (Lipinski definition) is 3. The first-order valence-electron chi connectivity index (χ1n) is 6.95. The summed E-state index contributed by atoms with van der Waals surface area (Å²) in [7, 11) is 0. The highest BCUT2D eigenvalue weighted by Crippen LogP contribution is 2.25. The number of nitrogen functional groups attached to an aromatic ring is 1. The first-order valence-corrected chi connectivity index (χ1v) is 7.74. The number of carbonyl (C=O) groups is 1. The molecule has 21 heavy (non-hydrogen) atoms. The zero-order valence-corrected chi connectivity index (χ0v) is 13.1. The Hall–Kier alpha value is -1.63. The van der Waals surface area contributed by atoms with Gasteiger partial charge in [-0.25, -0.2) is 9.37 Å². The summed E-state index contributed by atoms with van der Waals surface area (Å²) in [6.45, 7) is 2.14. The number of nitrogens with two attached hydrogens (primary N) is 1. The molecule has 1 saturated heterocycles. The summed E-state index contributed by atoms with van der Waals surface area (Å²) in [6.07, 6.45) is 2.53. The van der Waals surface area contributed by atoms with Gasteiger partial charge in [0.05, 0.1) is 15.5 Å². The minimum Gasteiger partial charge on any atom is -0.369 e. The third kappa shape index (κ3) is 2.74. The van der Waals surface area contributed by atoms with Crippen LogP contribution < -0.4 is 5.73 Å². The number of fused-ring (bicyclic) bond motifs is 1. The van der Waals surface area contributed by atoms with Crippen LogP contribution in [0.1, 0.15) is 19.3 Å². The van der Waals surface area contributed by atoms with E-state index in [9.17, 15) is 9.18 Å². The van der Waals surface area contributed by atoms with Crippen molar-refractivity contribution in [1.29, 1.82) is 0 Å². The van der Waals surface area contributed by atoms with Gasteiger partial charge in [-0.3, -0.25) is 4.79 Å². The van der Waals surface area contributed by atoms with E-state index in [4.69, 9.17) is 5.73 Å². The normalized spacial score (nSPS) is 15.0. The Bertz CT molecular complexity index is 694. The molecule has 1 amide bonds. The molecule has 2 heterocycles. The number of carbonyl (C=O) groups excluding carboxylic acids is 1. The largest absolute Gasteiger partial charge is 0.369 e. The minimum atomic E-state index is -0.375. The summed E-state index contributed by atoms with van der Waals surface area (Å²) in [5.41, 5.74) is 7.12. The summed E-state index contributed by atoms with van der Waals surface area (Å²) < 4.78 is 15.6. The lowest BCUT2D eigenvalue weighted by Gasteiger charge is -2.15. The van der Waals surface area contributed by atoms with Gasteiger partial charge in [-0.15, -0.1) is 0 Å². The summed E-state index contributed by atoms with van der Waals surface area (Å²) in [5.74, 6) is 0.0620. The molecular formula is C14H16BrFN4O. The molecule has 0 aliphatic carbocycles. The van der Waals surface area contributed by atoms with Gasteiger partial charge in [-0.05, 0) is 34.8 Å². The first-order chi connectivity index (χ1) is 10.1. The van der Waals surface area contributed by atoms with Crippen molar-refractivity contribution in [2.24, 2.45) is 0 Å². The van der Waals surface area contributed by atoms with E-state index in [-0.39, 0.29) is 11.7 Å². The average molecular weight is 355 g/mol. The molecule has 1 aromatic carbocycles. The number of likely N-dealkylation sites (tertiary alicyclic amines) is 1. The van der Waals surface area contributed by atoms with E-state index in [1.807, 2.05) is 4.90 Å². The molecule has 0 spiro atoms. The van der Waals surface area contributed by atoms with Crippen molar-refractivity contribution in [3.05, 3.63) is 22.4 Å². The van der Waals surface area contributed by atoms with Crippen molar-refractivity contribution in [3.63, 3.8) is 0 Å². The van der Waals surface area contributed by atoms with E-state index in [0.717, 1.165) is 31.4 Å². The Balaban J connectivity index is 1.81. The van der Waals surface area contributed by atoms with Crippen LogP contribution >= 0.6 is 15.9 Å². The van der Waals surface area contributed by atoms with Crippen LogP contribution in [0, 0.1) is 5.82 Å². The van der Waals surface area contributed by atoms with Crippen molar-refractivity contribution in [3.8, 4) is 0 Å². The summed E-state index contributed by atoms with van der Waals surface area (Å²) in [4.78, 5) is 18.1. The predicted octanol–water partition coefficient (Wildman–Crippen LogP) is 2.53. The molecule has 112 valence electrons. The Labute approximate surface area is 130 Å². The molecule has 3 rings (SSSR count). The van der Waals surface area contributed by atoms with E-state index in [2.05, 4.69) is 20.9 Å². The second kappa shape index (κ2) is 5.63. The van der Waals surface area contributed by atoms with Gasteiger partial charge in [-0.1, -0.05) is 0 Å². The van der Waals surface area contributed by atoms with E-state index < -0.39 is 0 Å². The maximum Gasteiger partial charge on any atom is 0.224 e. The lowest BCUT2D eigenvalue weighted by Crippen LogP contribution is -2.28. The van der Waals surface area contributed by atoms with Gasteiger partial charge in [0.1, 0.15) is 5.82 Å². The topological polar surface area (TPSA) is 64.1 Å². The fraction of sp³-hybridized carbons (Fsp3) is 0.429. The second-order valence-corrected chi connectivity index (χ2v) is 6.07. The van der Waals surface area contributed by atoms with Crippen LogP contribution in [0.15, 0.2) is 16.6 Å². The highest BCUT2D eigenvalue weighted by atomic mass is 79.9. The fourth-order valence-electron chi connectivity index (χ4n) is 2.71. The van der Waals surface area contributed by atoms with Crippen LogP contribution in [-0.2, 0) is 11.3 Å². The minimum absolute atomic E-state index is 0.134. The number of aryl methyl sites for hydroxylation is 1. The monoisotopic (exact) mass is 354 g/mol. The van der Waals surface area contributed by atoms with Gasteiger partial charge in [0, 0.05) is 32.1 Å². The van der Waals surface area contributed by atoms with E-state index >= 15 is 0 Å². The molecule has 0 saturated carbocycles. The maximum atomic E-state index is 13.5. The van der Waals surface area contributed by atoms with Crippen molar-refractivity contribution in [1.82, 2.24) is 14.5 Å². The van der Waals surface area contributed by atoms with E-state index in [1.165, 1.54) is 6.07 Å². The van der Waals surface area contributed by atoms with Gasteiger partial charge >= 0.3 is 0 Å². The van der Waals surface area contributed by atoms with Crippen LogP contribution in [-0.4, -0.2) is 33.4 Å². The number of anilines is 1. The zero-order chi connectivity index (χ0) is 15.0. The number of nitrogens with zero attached hydrogens (tertiary/aromatic N) is 3. The lowest BCUT2D eigenvalue weighted by atomic mass is 10.3. The van der Waals surface area contributed by atoms with Crippen molar-refractivity contribution < 1.29 is 9.18 Å². The fourth-order valence-corrected chi connectivity index (χ4v) is 3.04. The smallest absolute Gasteiger partial charge is 0.224 e. The number of hydrogen-bond donors (Lipinski definition) is 1. The first kappa shape index (κ1) is 14.3. The molecule has 0 unspecified atom stereocenters. The summed E-state index contributed by atoms with van der Waals surface area (Å²) in [6, 6.07) is 2.99. The molecule has 5 nitrogen and oxygen atoms in total. The van der Waals surface area contributed by atoms with Crippen LogP contribution in [0.25, 0.3) is 11.0 Å². The van der Waals surface area contributed by atoms with E-state index in [1.54, 1.807) is 10.6 Å². The van der Waals surface area contributed by atoms with Crippen LogP contribution in [0.2, 0.25) is 0 Å². The van der Waals surface area contributed by atoms with Gasteiger partial charge in [0.25, 0.3) is 0 Å². The second-order valence-electron chi connectivity index (χ2n) is 5.21. The molecule has 1 aliphatic heterocycles. The average Bonchev–Trinajstić information content (AvgIpc) is 3.06. The molecule has 2 aromatic rings. The lowest BCUT2D eigenvalue weighted by molar-refractivity contribution is -0.130. The van der Waals surface area contributed by atoms with Gasteiger partial charge in [0.2, 0.25) is 11.9 Å². The van der Waals surface area contributed by atoms with Crippen LogP contribution in [0.5, 0.6) is 0 Å². The SMILES string of the molecule is Nc1nc2cc(F)c(Br)cc2n1CCC(=O)N1CCCC1. The standard InChI is InChI=1S/C14H16BrFN4O/c15-9-7-12-11(8-10(9)16)18-14(17)20(12)6-3-13(21)19-4-1-2-5-19/h7-8H,1-6H2,(H2,17,18). The number of halogens is 2. The highest BCUT2D eigenvalue weighted by molar-refractivity contribution is 9.10. The molecule has 7 heteroatoms. The molecule has 2 N–H and O–H groups in total. The number of amides is 1. The third-order valence-electron chi connectivity index (χ3n) is 3.83. The van der Waals surface area contributed by atoms with Crippen LogP contribution in [0.4, 0.5) is 10.3 Å². The highest BCUT2D eigenvalue weighted by Gasteiger charge is 2.19. The molecule has 0 radical (unpaired) electrons. The van der Waals surface area contributed by atoms with Gasteiger partial charge in [-0.2, -0.15) is 0 Å². The van der Waals surface area contributed by atoms with Crippen molar-refractivity contribution in [2.45, 2.75) is 25.8 Å². The van der Waals surface area contributed by atoms with Gasteiger partial charge in [0.15, 0.2) is 0 Å². The molecule has 1 aromatic heterocycles.